The van der Waals surface area contributed by atoms with Gasteiger partial charge < -0.3 is 11.1 Å². The first-order valence-electron chi connectivity index (χ1n) is 4.90. The molecule has 0 fully saturated rings. The topological polar surface area (TPSA) is 80.9 Å². The minimum absolute atomic E-state index is 0.141. The van der Waals surface area contributed by atoms with Gasteiger partial charge in [0.25, 0.3) is 5.91 Å². The van der Waals surface area contributed by atoms with Crippen molar-refractivity contribution in [3.05, 3.63) is 45.8 Å². The summed E-state index contributed by atoms with van der Waals surface area (Å²) in [5.41, 5.74) is 6.15. The van der Waals surface area contributed by atoms with Crippen LogP contribution in [0.25, 0.3) is 0 Å². The number of hydrogen-bond donors (Lipinski definition) is 2. The van der Waals surface area contributed by atoms with Crippen molar-refractivity contribution in [1.29, 1.82) is 0 Å². The molecule has 0 aliphatic heterocycles. The highest BCUT2D eigenvalue weighted by atomic mass is 79.9. The highest BCUT2D eigenvalue weighted by Crippen LogP contribution is 2.26. The predicted molar refractivity (Wildman–Crippen MR) is 73.5 cm³/mol. The van der Waals surface area contributed by atoms with E-state index in [0.29, 0.717) is 10.7 Å². The number of nitrogens with two attached hydrogens (primary N) is 1. The molecule has 0 radical (unpaired) electrons. The molecule has 0 saturated carbocycles. The van der Waals surface area contributed by atoms with Crippen molar-refractivity contribution in [3.63, 3.8) is 0 Å². The van der Waals surface area contributed by atoms with Crippen LogP contribution in [0.5, 0.6) is 0 Å². The first kappa shape index (κ1) is 12.8. The Morgan fingerprint density at radius 1 is 1.39 bits per heavy atom. The second-order valence-electron chi connectivity index (χ2n) is 3.41. The van der Waals surface area contributed by atoms with Crippen molar-refractivity contribution < 1.29 is 4.79 Å². The molecule has 7 heteroatoms. The zero-order chi connectivity index (χ0) is 13.1. The van der Waals surface area contributed by atoms with E-state index >= 15 is 0 Å². The maximum Gasteiger partial charge on any atom is 0.275 e. The highest BCUT2D eigenvalue weighted by molar-refractivity contribution is 9.10. The van der Waals surface area contributed by atoms with Gasteiger partial charge in [-0.3, -0.25) is 9.78 Å². The summed E-state index contributed by atoms with van der Waals surface area (Å²) in [6.07, 6.45) is 2.70. The number of carbonyl (C=O) groups excluding carboxylic acids is 1. The van der Waals surface area contributed by atoms with Crippen LogP contribution >= 0.6 is 27.5 Å². The number of aromatic nitrogens is 2. The largest absolute Gasteiger partial charge is 0.382 e. The van der Waals surface area contributed by atoms with Gasteiger partial charge in [-0.05, 0) is 34.1 Å². The Balaban J connectivity index is 2.24. The summed E-state index contributed by atoms with van der Waals surface area (Å²) >= 11 is 9.16. The molecule has 0 aliphatic carbocycles. The third-order valence-corrected chi connectivity index (χ3v) is 2.99. The number of anilines is 2. The normalized spacial score (nSPS) is 10.1. The van der Waals surface area contributed by atoms with Gasteiger partial charge in [0, 0.05) is 9.50 Å². The van der Waals surface area contributed by atoms with Crippen LogP contribution in [0.4, 0.5) is 11.5 Å². The van der Waals surface area contributed by atoms with Gasteiger partial charge in [-0.15, -0.1) is 0 Å². The molecule has 1 aromatic heterocycles. The lowest BCUT2D eigenvalue weighted by Crippen LogP contribution is -2.15. The molecule has 5 nitrogen and oxygen atoms in total. The summed E-state index contributed by atoms with van der Waals surface area (Å²) in [7, 11) is 0. The van der Waals surface area contributed by atoms with Crippen LogP contribution in [-0.4, -0.2) is 15.9 Å². The van der Waals surface area contributed by atoms with E-state index in [1.54, 1.807) is 18.2 Å². The van der Waals surface area contributed by atoms with Gasteiger partial charge in [0.15, 0.2) is 0 Å². The summed E-state index contributed by atoms with van der Waals surface area (Å²) in [6.45, 7) is 0. The highest BCUT2D eigenvalue weighted by Gasteiger charge is 2.10. The molecule has 0 spiro atoms. The van der Waals surface area contributed by atoms with E-state index in [9.17, 15) is 4.79 Å². The van der Waals surface area contributed by atoms with Crippen LogP contribution in [0.15, 0.2) is 35.1 Å². The van der Waals surface area contributed by atoms with E-state index in [-0.39, 0.29) is 11.5 Å². The Morgan fingerprint density at radius 3 is 2.89 bits per heavy atom. The van der Waals surface area contributed by atoms with E-state index in [0.717, 1.165) is 4.47 Å². The van der Waals surface area contributed by atoms with Crippen LogP contribution in [0.1, 0.15) is 10.5 Å². The molecule has 1 aromatic carbocycles. The lowest BCUT2D eigenvalue weighted by atomic mass is 10.3. The Morgan fingerprint density at radius 2 is 2.17 bits per heavy atom. The van der Waals surface area contributed by atoms with Gasteiger partial charge in [0.1, 0.15) is 11.5 Å². The van der Waals surface area contributed by atoms with Crippen molar-refractivity contribution >= 4 is 44.9 Å². The number of halogens is 2. The molecule has 0 unspecified atom stereocenters. The van der Waals surface area contributed by atoms with E-state index < -0.39 is 5.91 Å². The fourth-order valence-corrected chi connectivity index (χ4v) is 1.79. The van der Waals surface area contributed by atoms with Crippen LogP contribution in [0.2, 0.25) is 5.02 Å². The van der Waals surface area contributed by atoms with E-state index in [1.807, 2.05) is 0 Å². The van der Waals surface area contributed by atoms with Gasteiger partial charge in [-0.25, -0.2) is 4.98 Å². The lowest BCUT2D eigenvalue weighted by molar-refractivity contribution is 0.102. The number of amides is 1. The van der Waals surface area contributed by atoms with Gasteiger partial charge in [-0.1, -0.05) is 11.6 Å². The minimum atomic E-state index is -0.405. The van der Waals surface area contributed by atoms with Gasteiger partial charge >= 0.3 is 0 Å². The molecule has 0 bridgehead atoms. The van der Waals surface area contributed by atoms with Crippen LogP contribution in [0, 0.1) is 0 Å². The lowest BCUT2D eigenvalue weighted by Gasteiger charge is -2.07. The van der Waals surface area contributed by atoms with Gasteiger partial charge in [0.05, 0.1) is 18.1 Å². The van der Waals surface area contributed by atoms with Gasteiger partial charge in [-0.2, -0.15) is 0 Å². The summed E-state index contributed by atoms with van der Waals surface area (Å²) in [4.78, 5) is 19.6. The summed E-state index contributed by atoms with van der Waals surface area (Å²) in [5.74, 6) is -0.217. The van der Waals surface area contributed by atoms with Crippen molar-refractivity contribution in [3.8, 4) is 0 Å². The molecule has 0 aliphatic rings. The zero-order valence-corrected chi connectivity index (χ0v) is 11.4. The summed E-state index contributed by atoms with van der Waals surface area (Å²) in [6, 6.07) is 5.08. The number of hydrogen-bond acceptors (Lipinski definition) is 4. The first-order chi connectivity index (χ1) is 8.56. The molecule has 0 saturated heterocycles. The molecule has 3 N–H and O–H groups in total. The molecule has 18 heavy (non-hydrogen) atoms. The maximum absolute atomic E-state index is 11.9. The average molecular weight is 328 g/mol. The third-order valence-electron chi connectivity index (χ3n) is 2.06. The molecular weight excluding hydrogens is 320 g/mol. The Bertz CT molecular complexity index is 605. The second-order valence-corrected chi connectivity index (χ2v) is 4.70. The quantitative estimate of drug-likeness (QED) is 0.888. The van der Waals surface area contributed by atoms with Crippen molar-refractivity contribution in [2.45, 2.75) is 0 Å². The standard InChI is InChI=1S/C11H8BrClN4O/c12-7-2-1-6(13)3-8(7)17-11(18)9-4-15-5-10(14)16-9/h1-5H,(H2,14,16)(H,17,18). The number of nitrogen functional groups attached to an aromatic ring is 1. The van der Waals surface area contributed by atoms with Crippen LogP contribution in [0.3, 0.4) is 0 Å². The fraction of sp³-hybridized carbons (Fsp3) is 0. The fourth-order valence-electron chi connectivity index (χ4n) is 1.27. The second kappa shape index (κ2) is 5.32. The maximum atomic E-state index is 11.9. The van der Waals surface area contributed by atoms with Crippen molar-refractivity contribution in [2.24, 2.45) is 0 Å². The molecule has 2 aromatic rings. The average Bonchev–Trinajstić information content (AvgIpc) is 2.34. The number of carbonyl (C=O) groups is 1. The molecule has 92 valence electrons. The molecule has 0 atom stereocenters. The number of rotatable bonds is 2. The monoisotopic (exact) mass is 326 g/mol. The minimum Gasteiger partial charge on any atom is -0.382 e. The smallest absolute Gasteiger partial charge is 0.275 e. The Labute approximate surface area is 117 Å². The SMILES string of the molecule is Nc1cncc(C(=O)Nc2cc(Cl)ccc2Br)n1. The Kier molecular flexibility index (Phi) is 3.78. The summed E-state index contributed by atoms with van der Waals surface area (Å²) in [5, 5.41) is 3.19. The number of nitrogens with one attached hydrogen (secondary N) is 1. The van der Waals surface area contributed by atoms with Crippen LogP contribution in [-0.2, 0) is 0 Å². The predicted octanol–water partition coefficient (Wildman–Crippen LogP) is 2.73. The number of nitrogens with zero attached hydrogens (tertiary/aromatic N) is 2. The number of benzene rings is 1. The molecule has 2 rings (SSSR count). The van der Waals surface area contributed by atoms with Gasteiger partial charge in [0.2, 0.25) is 0 Å². The van der Waals surface area contributed by atoms with E-state index in [2.05, 4.69) is 31.2 Å². The van der Waals surface area contributed by atoms with Crippen LogP contribution < -0.4 is 11.1 Å². The zero-order valence-electron chi connectivity index (χ0n) is 9.02. The van der Waals surface area contributed by atoms with E-state index in [4.69, 9.17) is 17.3 Å². The van der Waals surface area contributed by atoms with E-state index in [1.165, 1.54) is 12.4 Å². The molecule has 1 amide bonds. The Hall–Kier alpha value is -1.66. The molecular formula is C11H8BrClN4O. The molecule has 1 heterocycles. The van der Waals surface area contributed by atoms with Crippen molar-refractivity contribution in [1.82, 2.24) is 9.97 Å². The van der Waals surface area contributed by atoms with Crippen molar-refractivity contribution in [2.75, 3.05) is 11.1 Å². The third kappa shape index (κ3) is 2.96. The first-order valence-corrected chi connectivity index (χ1v) is 6.07. The summed E-state index contributed by atoms with van der Waals surface area (Å²) < 4.78 is 0.720.